The van der Waals surface area contributed by atoms with E-state index in [4.69, 9.17) is 9.47 Å². The summed E-state index contributed by atoms with van der Waals surface area (Å²) in [5.41, 5.74) is 0.846. The zero-order valence-electron chi connectivity index (χ0n) is 11.9. The second-order valence-electron chi connectivity index (χ2n) is 6.52. The Labute approximate surface area is 119 Å². The van der Waals surface area contributed by atoms with Gasteiger partial charge in [0.05, 0.1) is 11.8 Å². The average molecular weight is 272 g/mol. The number of rotatable bonds is 1. The lowest BCUT2D eigenvalue weighted by molar-refractivity contribution is -0.453. The van der Waals surface area contributed by atoms with E-state index in [-0.39, 0.29) is 17.0 Å². The fourth-order valence-corrected chi connectivity index (χ4v) is 4.73. The molecule has 2 atom stereocenters. The van der Waals surface area contributed by atoms with Crippen LogP contribution >= 0.6 is 0 Å². The van der Waals surface area contributed by atoms with Crippen molar-refractivity contribution < 1.29 is 14.3 Å². The molecule has 1 aromatic rings. The molecule has 0 bridgehead atoms. The summed E-state index contributed by atoms with van der Waals surface area (Å²) < 4.78 is 12.0. The molecule has 106 valence electrons. The van der Waals surface area contributed by atoms with Gasteiger partial charge in [-0.3, -0.25) is 4.79 Å². The van der Waals surface area contributed by atoms with Gasteiger partial charge < -0.3 is 9.47 Å². The first kappa shape index (κ1) is 12.4. The van der Waals surface area contributed by atoms with E-state index in [9.17, 15) is 4.79 Å². The van der Waals surface area contributed by atoms with E-state index in [2.05, 4.69) is 31.2 Å². The van der Waals surface area contributed by atoms with Crippen molar-refractivity contribution in [1.82, 2.24) is 0 Å². The molecule has 2 saturated heterocycles. The van der Waals surface area contributed by atoms with Gasteiger partial charge in [-0.05, 0) is 25.3 Å². The van der Waals surface area contributed by atoms with E-state index >= 15 is 0 Å². The molecule has 3 fully saturated rings. The van der Waals surface area contributed by atoms with E-state index in [0.29, 0.717) is 12.8 Å². The van der Waals surface area contributed by atoms with Crippen LogP contribution in [0.1, 0.15) is 51.0 Å². The maximum atomic E-state index is 11.6. The Morgan fingerprint density at radius 2 is 1.75 bits per heavy atom. The van der Waals surface area contributed by atoms with Gasteiger partial charge in [0.1, 0.15) is 5.60 Å². The number of esters is 1. The third-order valence-corrected chi connectivity index (χ3v) is 5.73. The number of hydrogen-bond donors (Lipinski definition) is 0. The zero-order valence-corrected chi connectivity index (χ0v) is 11.9. The van der Waals surface area contributed by atoms with Crippen LogP contribution in [0.5, 0.6) is 0 Å². The van der Waals surface area contributed by atoms with Crippen molar-refractivity contribution >= 4 is 5.97 Å². The van der Waals surface area contributed by atoms with Crippen molar-refractivity contribution in [2.45, 2.75) is 56.8 Å². The molecule has 2 aliphatic heterocycles. The van der Waals surface area contributed by atoms with E-state index < -0.39 is 5.79 Å². The predicted octanol–water partition coefficient (Wildman–Crippen LogP) is 3.53. The lowest BCUT2D eigenvalue weighted by Gasteiger charge is -2.66. The molecule has 4 rings (SSSR count). The quantitative estimate of drug-likeness (QED) is 0.734. The Bertz CT molecular complexity index is 547. The van der Waals surface area contributed by atoms with Gasteiger partial charge in [-0.2, -0.15) is 0 Å². The molecule has 20 heavy (non-hydrogen) atoms. The summed E-state index contributed by atoms with van der Waals surface area (Å²) in [6.45, 7) is 2.17. The van der Waals surface area contributed by atoms with Crippen molar-refractivity contribution in [3.8, 4) is 0 Å². The highest BCUT2D eigenvalue weighted by Gasteiger charge is 2.77. The van der Waals surface area contributed by atoms with Gasteiger partial charge in [0.2, 0.25) is 5.79 Å². The Hall–Kier alpha value is -1.35. The molecular weight excluding hydrogens is 252 g/mol. The SMILES string of the molecule is CC1(c2ccccc2)O[C@]2(CCC(=O)O2)C12CCCC2. The van der Waals surface area contributed by atoms with Gasteiger partial charge >= 0.3 is 5.97 Å². The maximum absolute atomic E-state index is 11.6. The van der Waals surface area contributed by atoms with Crippen molar-refractivity contribution in [2.75, 3.05) is 0 Å². The average Bonchev–Trinajstić information content (AvgIpc) is 3.10. The molecule has 3 aliphatic rings. The monoisotopic (exact) mass is 272 g/mol. The summed E-state index contributed by atoms with van der Waals surface area (Å²) >= 11 is 0. The number of benzene rings is 1. The van der Waals surface area contributed by atoms with Gasteiger partial charge in [-0.1, -0.05) is 43.2 Å². The minimum atomic E-state index is -0.648. The highest BCUT2D eigenvalue weighted by molar-refractivity contribution is 5.72. The minimum Gasteiger partial charge on any atom is -0.432 e. The van der Waals surface area contributed by atoms with E-state index in [1.54, 1.807) is 0 Å². The highest BCUT2D eigenvalue weighted by Crippen LogP contribution is 2.71. The van der Waals surface area contributed by atoms with Crippen LogP contribution in [0.25, 0.3) is 0 Å². The second-order valence-corrected chi connectivity index (χ2v) is 6.52. The molecule has 1 saturated carbocycles. The molecule has 2 heterocycles. The smallest absolute Gasteiger partial charge is 0.308 e. The molecule has 0 amide bonds. The van der Waals surface area contributed by atoms with Crippen molar-refractivity contribution in [2.24, 2.45) is 5.41 Å². The molecule has 2 spiro atoms. The Balaban J connectivity index is 1.78. The van der Waals surface area contributed by atoms with Crippen LogP contribution in [-0.2, 0) is 19.9 Å². The van der Waals surface area contributed by atoms with Gasteiger partial charge in [-0.15, -0.1) is 0 Å². The first-order valence-corrected chi connectivity index (χ1v) is 7.60. The highest BCUT2D eigenvalue weighted by atomic mass is 16.8. The van der Waals surface area contributed by atoms with Crippen LogP contribution in [0, 0.1) is 5.41 Å². The van der Waals surface area contributed by atoms with Gasteiger partial charge in [0.15, 0.2) is 0 Å². The molecule has 1 aliphatic carbocycles. The van der Waals surface area contributed by atoms with Crippen LogP contribution in [-0.4, -0.2) is 11.8 Å². The molecule has 1 aromatic carbocycles. The fraction of sp³-hybridized carbons (Fsp3) is 0.588. The Morgan fingerprint density at radius 1 is 1.05 bits per heavy atom. The van der Waals surface area contributed by atoms with Crippen molar-refractivity contribution in [3.63, 3.8) is 0 Å². The second kappa shape index (κ2) is 3.85. The van der Waals surface area contributed by atoms with Crippen LogP contribution in [0.3, 0.4) is 0 Å². The maximum Gasteiger partial charge on any atom is 0.308 e. The Morgan fingerprint density at radius 3 is 2.35 bits per heavy atom. The molecule has 0 radical (unpaired) electrons. The summed E-state index contributed by atoms with van der Waals surface area (Å²) in [6.07, 6.45) is 5.79. The lowest BCUT2D eigenvalue weighted by atomic mass is 9.57. The van der Waals surface area contributed by atoms with E-state index in [1.807, 2.05) is 6.07 Å². The van der Waals surface area contributed by atoms with Gasteiger partial charge in [0.25, 0.3) is 0 Å². The molecular formula is C17H20O3. The zero-order chi connectivity index (χ0) is 13.8. The summed E-state index contributed by atoms with van der Waals surface area (Å²) in [6, 6.07) is 10.4. The summed E-state index contributed by atoms with van der Waals surface area (Å²) in [7, 11) is 0. The van der Waals surface area contributed by atoms with Crippen LogP contribution < -0.4 is 0 Å². The molecule has 0 aromatic heterocycles. The molecule has 3 nitrogen and oxygen atoms in total. The van der Waals surface area contributed by atoms with Crippen LogP contribution in [0.2, 0.25) is 0 Å². The Kier molecular flexibility index (Phi) is 2.39. The van der Waals surface area contributed by atoms with Crippen molar-refractivity contribution in [3.05, 3.63) is 35.9 Å². The number of fused-ring (bicyclic) bond motifs is 1. The van der Waals surface area contributed by atoms with Gasteiger partial charge in [-0.25, -0.2) is 0 Å². The lowest BCUT2D eigenvalue weighted by Crippen LogP contribution is -2.72. The topological polar surface area (TPSA) is 35.5 Å². The minimum absolute atomic E-state index is 0.0342. The molecule has 0 N–H and O–H groups in total. The number of carbonyl (C=O) groups is 1. The van der Waals surface area contributed by atoms with E-state index in [1.165, 1.54) is 18.4 Å². The summed E-state index contributed by atoms with van der Waals surface area (Å²) in [4.78, 5) is 11.6. The van der Waals surface area contributed by atoms with Crippen LogP contribution in [0.15, 0.2) is 30.3 Å². The first-order valence-electron chi connectivity index (χ1n) is 7.60. The van der Waals surface area contributed by atoms with Crippen LogP contribution in [0.4, 0.5) is 0 Å². The third kappa shape index (κ3) is 1.27. The third-order valence-electron chi connectivity index (χ3n) is 5.73. The molecule has 1 unspecified atom stereocenters. The number of carbonyl (C=O) groups excluding carboxylic acids is 1. The predicted molar refractivity (Wildman–Crippen MR) is 73.8 cm³/mol. The largest absolute Gasteiger partial charge is 0.432 e. The normalized spacial score (nSPS) is 38.1. The standard InChI is InChI=1S/C17H20O3/c1-15(13-7-3-2-4-8-13)16(10-5-6-11-16)17(20-15)12-9-14(18)19-17/h2-4,7-8H,5-6,9-12H2,1H3/t15?,17-/m1/s1. The molecule has 3 heteroatoms. The number of ether oxygens (including phenoxy) is 2. The summed E-state index contributed by atoms with van der Waals surface area (Å²) in [5.74, 6) is -0.753. The summed E-state index contributed by atoms with van der Waals surface area (Å²) in [5, 5.41) is 0. The fourth-order valence-electron chi connectivity index (χ4n) is 4.73. The van der Waals surface area contributed by atoms with Gasteiger partial charge in [0, 0.05) is 6.42 Å². The first-order chi connectivity index (χ1) is 9.62. The number of hydrogen-bond acceptors (Lipinski definition) is 3. The van der Waals surface area contributed by atoms with Crippen molar-refractivity contribution in [1.29, 1.82) is 0 Å². The van der Waals surface area contributed by atoms with E-state index in [0.717, 1.165) is 12.8 Å².